The van der Waals surface area contributed by atoms with Crippen molar-refractivity contribution in [1.82, 2.24) is 0 Å². The average molecular weight is 357 g/mol. The summed E-state index contributed by atoms with van der Waals surface area (Å²) >= 11 is 3.32. The monoisotopic (exact) mass is 356 g/mol. The van der Waals surface area contributed by atoms with Gasteiger partial charge in [0.05, 0.1) is 5.56 Å². The summed E-state index contributed by atoms with van der Waals surface area (Å²) in [4.78, 5) is 12.2. The largest absolute Gasteiger partial charge is 0.416 e. The SMILES string of the molecule is Cc1cc(Br)ccc1C(=O)Cc1ccc(C(F)(F)F)cc1. The number of rotatable bonds is 3. The molecule has 110 valence electrons. The first-order valence-electron chi connectivity index (χ1n) is 6.23. The second-order valence-corrected chi connectivity index (χ2v) is 5.67. The predicted molar refractivity (Wildman–Crippen MR) is 78.4 cm³/mol. The number of hydrogen-bond donors (Lipinski definition) is 0. The van der Waals surface area contributed by atoms with Gasteiger partial charge in [-0.1, -0.05) is 34.1 Å². The minimum absolute atomic E-state index is 0.0839. The van der Waals surface area contributed by atoms with Crippen LogP contribution in [0.4, 0.5) is 13.2 Å². The molecule has 0 aliphatic rings. The van der Waals surface area contributed by atoms with Gasteiger partial charge in [0.2, 0.25) is 0 Å². The van der Waals surface area contributed by atoms with Gasteiger partial charge < -0.3 is 0 Å². The molecule has 0 unspecified atom stereocenters. The van der Waals surface area contributed by atoms with Crippen molar-refractivity contribution in [2.45, 2.75) is 19.5 Å². The zero-order valence-electron chi connectivity index (χ0n) is 11.2. The van der Waals surface area contributed by atoms with E-state index in [1.54, 1.807) is 12.1 Å². The smallest absolute Gasteiger partial charge is 0.294 e. The van der Waals surface area contributed by atoms with Crippen molar-refractivity contribution in [3.63, 3.8) is 0 Å². The summed E-state index contributed by atoms with van der Waals surface area (Å²) in [6.07, 6.45) is -4.27. The zero-order valence-corrected chi connectivity index (χ0v) is 12.8. The fourth-order valence-corrected chi connectivity index (χ4v) is 2.51. The van der Waals surface area contributed by atoms with Gasteiger partial charge in [-0.25, -0.2) is 0 Å². The van der Waals surface area contributed by atoms with E-state index in [-0.39, 0.29) is 12.2 Å². The Labute approximate surface area is 128 Å². The molecule has 0 amide bonds. The molecule has 2 aromatic carbocycles. The molecule has 0 saturated carbocycles. The first-order valence-corrected chi connectivity index (χ1v) is 7.02. The molecule has 0 N–H and O–H groups in total. The van der Waals surface area contributed by atoms with Gasteiger partial charge in [-0.2, -0.15) is 13.2 Å². The number of carbonyl (C=O) groups excluding carboxylic acids is 1. The third-order valence-corrected chi connectivity index (χ3v) is 3.63. The van der Waals surface area contributed by atoms with Crippen LogP contribution in [0.1, 0.15) is 27.0 Å². The van der Waals surface area contributed by atoms with E-state index >= 15 is 0 Å². The maximum absolute atomic E-state index is 12.5. The summed E-state index contributed by atoms with van der Waals surface area (Å²) in [5, 5.41) is 0. The van der Waals surface area contributed by atoms with Crippen LogP contribution in [0.15, 0.2) is 46.9 Å². The molecule has 0 spiro atoms. The van der Waals surface area contributed by atoms with E-state index in [1.165, 1.54) is 12.1 Å². The Morgan fingerprint density at radius 3 is 2.24 bits per heavy atom. The van der Waals surface area contributed by atoms with Gasteiger partial charge in [0.1, 0.15) is 0 Å². The van der Waals surface area contributed by atoms with Crippen molar-refractivity contribution in [3.8, 4) is 0 Å². The third kappa shape index (κ3) is 3.94. The van der Waals surface area contributed by atoms with Crippen molar-refractivity contribution in [2.75, 3.05) is 0 Å². The fourth-order valence-electron chi connectivity index (χ4n) is 2.03. The summed E-state index contributed by atoms with van der Waals surface area (Å²) in [5.41, 5.74) is 1.27. The summed E-state index contributed by atoms with van der Waals surface area (Å²) in [6.45, 7) is 1.82. The molecule has 21 heavy (non-hydrogen) atoms. The Kier molecular flexibility index (Phi) is 4.52. The van der Waals surface area contributed by atoms with Crippen molar-refractivity contribution < 1.29 is 18.0 Å². The Hall–Kier alpha value is -1.62. The van der Waals surface area contributed by atoms with Crippen LogP contribution < -0.4 is 0 Å². The van der Waals surface area contributed by atoms with Gasteiger partial charge in [0.25, 0.3) is 0 Å². The number of hydrogen-bond acceptors (Lipinski definition) is 1. The van der Waals surface area contributed by atoms with E-state index in [0.29, 0.717) is 11.1 Å². The van der Waals surface area contributed by atoms with E-state index in [4.69, 9.17) is 0 Å². The number of aryl methyl sites for hydroxylation is 1. The first-order chi connectivity index (χ1) is 9.77. The first kappa shape index (κ1) is 15.8. The van der Waals surface area contributed by atoms with Gasteiger partial charge >= 0.3 is 6.18 Å². The van der Waals surface area contributed by atoms with E-state index < -0.39 is 11.7 Å². The highest BCUT2D eigenvalue weighted by atomic mass is 79.9. The molecule has 0 atom stereocenters. The van der Waals surface area contributed by atoms with Crippen LogP contribution in [0, 0.1) is 6.92 Å². The van der Waals surface area contributed by atoms with E-state index in [2.05, 4.69) is 15.9 Å². The van der Waals surface area contributed by atoms with Gasteiger partial charge in [-0.15, -0.1) is 0 Å². The highest BCUT2D eigenvalue weighted by Crippen LogP contribution is 2.29. The van der Waals surface area contributed by atoms with Crippen molar-refractivity contribution in [2.24, 2.45) is 0 Å². The molecule has 2 aromatic rings. The Balaban J connectivity index is 2.16. The van der Waals surface area contributed by atoms with E-state index in [9.17, 15) is 18.0 Å². The highest BCUT2D eigenvalue weighted by molar-refractivity contribution is 9.10. The van der Waals surface area contributed by atoms with Crippen molar-refractivity contribution in [3.05, 3.63) is 69.2 Å². The maximum atomic E-state index is 12.5. The molecular weight excluding hydrogens is 345 g/mol. The fraction of sp³-hybridized carbons (Fsp3) is 0.188. The lowest BCUT2D eigenvalue weighted by molar-refractivity contribution is -0.137. The Bertz CT molecular complexity index is 660. The van der Waals surface area contributed by atoms with Crippen LogP contribution in [0.3, 0.4) is 0 Å². The lowest BCUT2D eigenvalue weighted by Crippen LogP contribution is -2.07. The van der Waals surface area contributed by atoms with Crippen molar-refractivity contribution >= 4 is 21.7 Å². The number of benzene rings is 2. The lowest BCUT2D eigenvalue weighted by Gasteiger charge is -2.08. The molecule has 0 saturated heterocycles. The van der Waals surface area contributed by atoms with Gasteiger partial charge in [-0.05, 0) is 42.3 Å². The molecule has 0 heterocycles. The summed E-state index contributed by atoms with van der Waals surface area (Å²) < 4.78 is 38.3. The molecule has 0 fully saturated rings. The zero-order chi connectivity index (χ0) is 15.6. The maximum Gasteiger partial charge on any atom is 0.416 e. The molecule has 5 heteroatoms. The Morgan fingerprint density at radius 1 is 1.10 bits per heavy atom. The van der Waals surface area contributed by atoms with Crippen LogP contribution in [-0.2, 0) is 12.6 Å². The molecule has 0 aliphatic carbocycles. The van der Waals surface area contributed by atoms with E-state index in [1.807, 2.05) is 13.0 Å². The van der Waals surface area contributed by atoms with Gasteiger partial charge in [0, 0.05) is 16.5 Å². The van der Waals surface area contributed by atoms with Crippen LogP contribution in [-0.4, -0.2) is 5.78 Å². The molecule has 1 nitrogen and oxygen atoms in total. The summed E-state index contributed by atoms with van der Waals surface area (Å²) in [7, 11) is 0. The lowest BCUT2D eigenvalue weighted by atomic mass is 9.99. The molecule has 0 aliphatic heterocycles. The second-order valence-electron chi connectivity index (χ2n) is 4.75. The molecule has 0 radical (unpaired) electrons. The second kappa shape index (κ2) is 6.02. The summed E-state index contributed by atoms with van der Waals surface area (Å²) in [6, 6.07) is 10.00. The minimum atomic E-state index is -4.36. The standard InChI is InChI=1S/C16H12BrF3O/c1-10-8-13(17)6-7-14(10)15(21)9-11-2-4-12(5-3-11)16(18,19)20/h2-8H,9H2,1H3. The van der Waals surface area contributed by atoms with Crippen LogP contribution in [0.25, 0.3) is 0 Å². The predicted octanol–water partition coefficient (Wildman–Crippen LogP) is 5.20. The van der Waals surface area contributed by atoms with Crippen LogP contribution in [0.2, 0.25) is 0 Å². The molecule has 2 rings (SSSR count). The van der Waals surface area contributed by atoms with Gasteiger partial charge in [-0.3, -0.25) is 4.79 Å². The van der Waals surface area contributed by atoms with Crippen molar-refractivity contribution in [1.29, 1.82) is 0 Å². The third-order valence-electron chi connectivity index (χ3n) is 3.13. The minimum Gasteiger partial charge on any atom is -0.294 e. The van der Waals surface area contributed by atoms with Crippen LogP contribution in [0.5, 0.6) is 0 Å². The number of ketones is 1. The normalized spacial score (nSPS) is 11.5. The number of halogens is 4. The molecule has 0 bridgehead atoms. The topological polar surface area (TPSA) is 17.1 Å². The highest BCUT2D eigenvalue weighted by Gasteiger charge is 2.29. The van der Waals surface area contributed by atoms with Gasteiger partial charge in [0.15, 0.2) is 5.78 Å². The summed E-state index contributed by atoms with van der Waals surface area (Å²) in [5.74, 6) is -0.111. The average Bonchev–Trinajstić information content (AvgIpc) is 2.38. The van der Waals surface area contributed by atoms with Crippen LogP contribution >= 0.6 is 15.9 Å². The number of alkyl halides is 3. The Morgan fingerprint density at radius 2 is 1.71 bits per heavy atom. The number of Topliss-reactive ketones (excluding diaryl/α,β-unsaturated/α-hetero) is 1. The molecular formula is C16H12BrF3O. The quantitative estimate of drug-likeness (QED) is 0.690. The van der Waals surface area contributed by atoms with E-state index in [0.717, 1.165) is 22.2 Å². The molecule has 0 aromatic heterocycles. The number of carbonyl (C=O) groups is 1.